The number of carbonyl (C=O) groups is 5. The number of aliphatic hydroxyl groups excluding tert-OH is 1. The van der Waals surface area contributed by atoms with Crippen molar-refractivity contribution in [3.8, 4) is 0 Å². The van der Waals surface area contributed by atoms with Crippen LogP contribution in [0.2, 0.25) is 0 Å². The lowest BCUT2D eigenvalue weighted by Crippen LogP contribution is -2.65. The topological polar surface area (TPSA) is 148 Å². The van der Waals surface area contributed by atoms with Crippen molar-refractivity contribution < 1.29 is 29.1 Å². The van der Waals surface area contributed by atoms with E-state index in [4.69, 9.17) is 0 Å². The highest BCUT2D eigenvalue weighted by molar-refractivity contribution is 5.99. The zero-order chi connectivity index (χ0) is 30.3. The van der Waals surface area contributed by atoms with E-state index in [9.17, 15) is 29.1 Å². The number of nitrogens with zero attached hydrogens (tertiary/aromatic N) is 2. The molecule has 42 heavy (non-hydrogen) atoms. The summed E-state index contributed by atoms with van der Waals surface area (Å²) in [4.78, 5) is 70.6. The molecule has 0 radical (unpaired) electrons. The van der Waals surface area contributed by atoms with E-state index in [0.29, 0.717) is 44.2 Å². The highest BCUT2D eigenvalue weighted by Gasteiger charge is 2.43. The minimum absolute atomic E-state index is 0.00771. The van der Waals surface area contributed by atoms with Gasteiger partial charge in [0, 0.05) is 38.2 Å². The summed E-state index contributed by atoms with van der Waals surface area (Å²) in [5.41, 5.74) is 0.0345. The average molecular weight is 584 g/mol. The van der Waals surface area contributed by atoms with E-state index in [1.54, 1.807) is 38.1 Å². The Morgan fingerprint density at radius 3 is 2.31 bits per heavy atom. The molecule has 4 atom stereocenters. The summed E-state index contributed by atoms with van der Waals surface area (Å²) in [6.07, 6.45) is 5.97. The summed E-state index contributed by atoms with van der Waals surface area (Å²) in [7, 11) is 0. The summed E-state index contributed by atoms with van der Waals surface area (Å²) in [6.45, 7) is 5.24. The first kappa shape index (κ1) is 31.5. The van der Waals surface area contributed by atoms with Crippen LogP contribution in [-0.2, 0) is 25.6 Å². The van der Waals surface area contributed by atoms with Gasteiger partial charge in [-0.2, -0.15) is 0 Å². The van der Waals surface area contributed by atoms with Gasteiger partial charge < -0.3 is 30.9 Å². The summed E-state index contributed by atoms with van der Waals surface area (Å²) >= 11 is 0. The minimum atomic E-state index is -1.32. The van der Waals surface area contributed by atoms with E-state index >= 15 is 0 Å². The first-order valence-corrected chi connectivity index (χ1v) is 15.4. The molecule has 3 fully saturated rings. The quantitative estimate of drug-likeness (QED) is 0.339. The maximum Gasteiger partial charge on any atom is 0.253 e. The Morgan fingerprint density at radius 1 is 0.929 bits per heavy atom. The predicted octanol–water partition coefficient (Wildman–Crippen LogP) is 1.28. The molecule has 0 bridgehead atoms. The van der Waals surface area contributed by atoms with Crippen LogP contribution in [0.3, 0.4) is 0 Å². The van der Waals surface area contributed by atoms with Gasteiger partial charge >= 0.3 is 0 Å². The first-order chi connectivity index (χ1) is 20.2. The van der Waals surface area contributed by atoms with E-state index in [2.05, 4.69) is 16.0 Å². The van der Waals surface area contributed by atoms with E-state index < -0.39 is 41.4 Å². The maximum atomic E-state index is 13.9. The second-order valence-electron chi connectivity index (χ2n) is 11.9. The fourth-order valence-corrected chi connectivity index (χ4v) is 5.98. The molecule has 0 saturated carbocycles. The zero-order valence-electron chi connectivity index (χ0n) is 24.8. The fourth-order valence-electron chi connectivity index (χ4n) is 5.98. The molecule has 1 aromatic rings. The largest absolute Gasteiger partial charge is 0.396 e. The Bertz CT molecular complexity index is 1150. The van der Waals surface area contributed by atoms with Crippen molar-refractivity contribution in [2.75, 3.05) is 26.2 Å². The van der Waals surface area contributed by atoms with E-state index in [-0.39, 0.29) is 31.3 Å². The minimum Gasteiger partial charge on any atom is -0.396 e. The summed E-state index contributed by atoms with van der Waals surface area (Å²) in [6, 6.07) is 4.53. The lowest BCUT2D eigenvalue weighted by atomic mass is 9.94. The number of fused-ring (bicyclic) bond motifs is 1. The van der Waals surface area contributed by atoms with Gasteiger partial charge in [-0.15, -0.1) is 0 Å². The van der Waals surface area contributed by atoms with Crippen molar-refractivity contribution >= 4 is 29.5 Å². The number of hydrogen-bond donors (Lipinski definition) is 4. The molecule has 0 spiro atoms. The molecule has 1 aromatic carbocycles. The number of amides is 5. The number of piperidine rings is 1. The van der Waals surface area contributed by atoms with Gasteiger partial charge in [-0.25, -0.2) is 0 Å². The summed E-state index contributed by atoms with van der Waals surface area (Å²) in [5, 5.41) is 17.7. The molecule has 3 aliphatic heterocycles. The Morgan fingerprint density at radius 2 is 1.64 bits per heavy atom. The van der Waals surface area contributed by atoms with Gasteiger partial charge in [0.15, 0.2) is 0 Å². The van der Waals surface area contributed by atoms with Crippen molar-refractivity contribution in [2.45, 2.75) is 102 Å². The molecule has 3 heterocycles. The number of hydrogen-bond acceptors (Lipinski definition) is 6. The molecule has 3 aliphatic rings. The summed E-state index contributed by atoms with van der Waals surface area (Å²) in [5.74, 6) is -1.70. The molecular formula is C31H45N5O6. The molecule has 11 nitrogen and oxygen atoms in total. The van der Waals surface area contributed by atoms with Gasteiger partial charge in [0.05, 0.1) is 0 Å². The number of carbonyl (C=O) groups excluding carboxylic acids is 5. The SMILES string of the molecule is CC[C@]1(C)NC(=O)[C@H](CCCCO)NC(=O)[C@H]2CCCN2C(=O)[C@H](Cc2ccc(C(=O)N3CCCCC3)cc2)NC1=O. The Kier molecular flexibility index (Phi) is 10.6. The third kappa shape index (κ3) is 7.29. The summed E-state index contributed by atoms with van der Waals surface area (Å²) < 4.78 is 0. The normalized spacial score (nSPS) is 27.4. The second-order valence-corrected chi connectivity index (χ2v) is 11.9. The number of likely N-dealkylation sites (tertiary alicyclic amines) is 1. The molecular weight excluding hydrogens is 538 g/mol. The molecule has 0 aliphatic carbocycles. The molecule has 4 rings (SSSR count). The first-order valence-electron chi connectivity index (χ1n) is 15.4. The zero-order valence-corrected chi connectivity index (χ0v) is 24.8. The lowest BCUT2D eigenvalue weighted by Gasteiger charge is -2.36. The lowest BCUT2D eigenvalue weighted by molar-refractivity contribution is -0.144. The predicted molar refractivity (Wildman–Crippen MR) is 156 cm³/mol. The van der Waals surface area contributed by atoms with Crippen LogP contribution in [0.1, 0.15) is 87.6 Å². The molecule has 5 amide bonds. The van der Waals surface area contributed by atoms with Crippen LogP contribution in [0.5, 0.6) is 0 Å². The van der Waals surface area contributed by atoms with E-state index in [1.807, 2.05) is 4.90 Å². The monoisotopic (exact) mass is 583 g/mol. The number of benzene rings is 1. The van der Waals surface area contributed by atoms with Gasteiger partial charge in [-0.1, -0.05) is 19.1 Å². The molecule has 3 saturated heterocycles. The smallest absolute Gasteiger partial charge is 0.253 e. The maximum absolute atomic E-state index is 13.9. The van der Waals surface area contributed by atoms with Crippen molar-refractivity contribution in [1.29, 1.82) is 0 Å². The van der Waals surface area contributed by atoms with Gasteiger partial charge in [-0.3, -0.25) is 24.0 Å². The van der Waals surface area contributed by atoms with Crippen molar-refractivity contribution in [3.05, 3.63) is 35.4 Å². The highest BCUT2D eigenvalue weighted by Crippen LogP contribution is 2.22. The van der Waals surface area contributed by atoms with Gasteiger partial charge in [0.25, 0.3) is 5.91 Å². The molecule has 0 unspecified atom stereocenters. The standard InChI is InChI=1S/C31H45N5O6/c1-3-31(2)30(42)33-24(20-21-12-14-22(15-13-21)28(40)35-16-6-4-7-17-35)29(41)36-18-9-11-25(36)27(39)32-23(26(38)34-31)10-5-8-19-37/h12-15,23-25,37H,3-11,16-20H2,1-2H3,(H,32,39)(H,33,42)(H,34,38)/t23-,24-,25+,31-/m0/s1. The Labute approximate surface area is 247 Å². The van der Waals surface area contributed by atoms with Crippen molar-refractivity contribution in [1.82, 2.24) is 25.8 Å². The van der Waals surface area contributed by atoms with Crippen LogP contribution in [0.25, 0.3) is 0 Å². The molecule has 0 aromatic heterocycles. The number of nitrogens with one attached hydrogen (secondary N) is 3. The fraction of sp³-hybridized carbons (Fsp3) is 0.645. The van der Waals surface area contributed by atoms with Crippen LogP contribution in [0.15, 0.2) is 24.3 Å². The van der Waals surface area contributed by atoms with Crippen LogP contribution in [0.4, 0.5) is 0 Å². The van der Waals surface area contributed by atoms with Crippen LogP contribution >= 0.6 is 0 Å². The van der Waals surface area contributed by atoms with Gasteiger partial charge in [-0.05, 0) is 82.4 Å². The Hall–Kier alpha value is -3.47. The molecule has 4 N–H and O–H groups in total. The second kappa shape index (κ2) is 14.1. The molecule has 230 valence electrons. The van der Waals surface area contributed by atoms with Crippen molar-refractivity contribution in [2.24, 2.45) is 0 Å². The van der Waals surface area contributed by atoms with Crippen LogP contribution < -0.4 is 16.0 Å². The Balaban J connectivity index is 1.58. The average Bonchev–Trinajstić information content (AvgIpc) is 3.50. The van der Waals surface area contributed by atoms with Gasteiger partial charge in [0.2, 0.25) is 23.6 Å². The number of unbranched alkanes of at least 4 members (excludes halogenated alkanes) is 1. The van der Waals surface area contributed by atoms with Gasteiger partial charge in [0.1, 0.15) is 23.7 Å². The van der Waals surface area contributed by atoms with E-state index in [0.717, 1.165) is 37.9 Å². The van der Waals surface area contributed by atoms with Crippen LogP contribution in [0, 0.1) is 0 Å². The third-order valence-corrected chi connectivity index (χ3v) is 8.87. The van der Waals surface area contributed by atoms with E-state index in [1.165, 1.54) is 4.90 Å². The third-order valence-electron chi connectivity index (χ3n) is 8.87. The number of aliphatic hydroxyl groups is 1. The molecule has 11 heteroatoms. The van der Waals surface area contributed by atoms with Crippen molar-refractivity contribution in [3.63, 3.8) is 0 Å². The number of rotatable bonds is 8. The van der Waals surface area contributed by atoms with Crippen LogP contribution in [-0.4, -0.2) is 94.3 Å². The highest BCUT2D eigenvalue weighted by atomic mass is 16.3.